The van der Waals surface area contributed by atoms with Crippen LogP contribution < -0.4 is 11.1 Å². The highest BCUT2D eigenvalue weighted by Crippen LogP contribution is 2.26. The summed E-state index contributed by atoms with van der Waals surface area (Å²) < 4.78 is 0. The van der Waals surface area contributed by atoms with Crippen molar-refractivity contribution in [2.75, 3.05) is 13.1 Å². The summed E-state index contributed by atoms with van der Waals surface area (Å²) in [6.07, 6.45) is 7.57. The summed E-state index contributed by atoms with van der Waals surface area (Å²) >= 11 is 0. The highest BCUT2D eigenvalue weighted by Gasteiger charge is 2.28. The topological polar surface area (TPSA) is 58.4 Å². The van der Waals surface area contributed by atoms with Gasteiger partial charge in [0.2, 0.25) is 5.91 Å². The first-order valence-electron chi connectivity index (χ1n) is 8.59. The number of amides is 1. The highest BCUT2D eigenvalue weighted by atomic mass is 16.2. The van der Waals surface area contributed by atoms with E-state index in [2.05, 4.69) is 10.2 Å². The minimum Gasteiger partial charge on any atom is -0.352 e. The van der Waals surface area contributed by atoms with Gasteiger partial charge in [-0.05, 0) is 31.2 Å². The molecule has 1 amide bonds. The Morgan fingerprint density at radius 3 is 2.36 bits per heavy atom. The van der Waals surface area contributed by atoms with Crippen molar-refractivity contribution in [3.05, 3.63) is 35.9 Å². The van der Waals surface area contributed by atoms with E-state index in [1.54, 1.807) is 0 Å². The minimum absolute atomic E-state index is 0.0504. The van der Waals surface area contributed by atoms with E-state index in [1.807, 2.05) is 30.3 Å². The van der Waals surface area contributed by atoms with Crippen LogP contribution in [0.25, 0.3) is 0 Å². The predicted molar refractivity (Wildman–Crippen MR) is 88.4 cm³/mol. The summed E-state index contributed by atoms with van der Waals surface area (Å²) in [4.78, 5) is 14.9. The minimum atomic E-state index is -0.561. The molecule has 0 spiro atoms. The Morgan fingerprint density at radius 2 is 1.73 bits per heavy atom. The number of piperidine rings is 1. The van der Waals surface area contributed by atoms with E-state index in [4.69, 9.17) is 5.73 Å². The fourth-order valence-electron chi connectivity index (χ4n) is 3.78. The van der Waals surface area contributed by atoms with E-state index in [1.165, 1.54) is 25.7 Å². The van der Waals surface area contributed by atoms with Crippen molar-refractivity contribution in [2.45, 2.75) is 56.7 Å². The predicted octanol–water partition coefficient (Wildman–Crippen LogP) is 2.21. The van der Waals surface area contributed by atoms with Crippen molar-refractivity contribution in [2.24, 2.45) is 5.73 Å². The van der Waals surface area contributed by atoms with Crippen molar-refractivity contribution in [3.8, 4) is 0 Å². The van der Waals surface area contributed by atoms with Crippen LogP contribution in [-0.2, 0) is 4.79 Å². The van der Waals surface area contributed by atoms with Gasteiger partial charge in [-0.3, -0.25) is 4.79 Å². The first-order valence-corrected chi connectivity index (χ1v) is 8.59. The molecule has 3 rings (SSSR count). The third-order valence-corrected chi connectivity index (χ3v) is 5.16. The molecule has 120 valence electrons. The van der Waals surface area contributed by atoms with E-state index in [9.17, 15) is 4.79 Å². The molecule has 4 heteroatoms. The van der Waals surface area contributed by atoms with E-state index < -0.39 is 6.04 Å². The molecule has 4 nitrogen and oxygen atoms in total. The number of carbonyl (C=O) groups is 1. The van der Waals surface area contributed by atoms with Gasteiger partial charge >= 0.3 is 0 Å². The second-order valence-corrected chi connectivity index (χ2v) is 6.65. The molecular weight excluding hydrogens is 274 g/mol. The van der Waals surface area contributed by atoms with Gasteiger partial charge in [-0.2, -0.15) is 0 Å². The van der Waals surface area contributed by atoms with Gasteiger partial charge in [-0.15, -0.1) is 0 Å². The standard InChI is InChI=1S/C18H27N3O/c19-17(14-6-2-1-3-7-14)18(22)20-15-10-12-21(13-11-15)16-8-4-5-9-16/h1-3,6-7,15-17H,4-5,8-13,19H2,(H,20,22). The summed E-state index contributed by atoms with van der Waals surface area (Å²) in [5.41, 5.74) is 6.94. The lowest BCUT2D eigenvalue weighted by Crippen LogP contribution is -2.49. The largest absolute Gasteiger partial charge is 0.352 e. The van der Waals surface area contributed by atoms with Gasteiger partial charge in [0, 0.05) is 25.2 Å². The summed E-state index contributed by atoms with van der Waals surface area (Å²) in [6, 6.07) is 10.1. The maximum Gasteiger partial charge on any atom is 0.241 e. The SMILES string of the molecule is NC(C(=O)NC1CCN(C2CCCC2)CC1)c1ccccc1. The second-order valence-electron chi connectivity index (χ2n) is 6.65. The van der Waals surface area contributed by atoms with Gasteiger partial charge in [-0.1, -0.05) is 43.2 Å². The summed E-state index contributed by atoms with van der Waals surface area (Å²) in [5, 5.41) is 3.14. The van der Waals surface area contributed by atoms with E-state index in [0.717, 1.165) is 37.5 Å². The number of carbonyl (C=O) groups excluding carboxylic acids is 1. The average molecular weight is 301 g/mol. The number of nitrogens with two attached hydrogens (primary N) is 1. The molecule has 0 aromatic heterocycles. The Kier molecular flexibility index (Phi) is 5.11. The Morgan fingerprint density at radius 1 is 1.09 bits per heavy atom. The lowest BCUT2D eigenvalue weighted by atomic mass is 10.0. The van der Waals surface area contributed by atoms with Crippen molar-refractivity contribution in [1.29, 1.82) is 0 Å². The molecule has 2 fully saturated rings. The van der Waals surface area contributed by atoms with Crippen LogP contribution in [0, 0.1) is 0 Å². The summed E-state index contributed by atoms with van der Waals surface area (Å²) in [7, 11) is 0. The van der Waals surface area contributed by atoms with Crippen LogP contribution in [0.1, 0.15) is 50.1 Å². The molecule has 2 aliphatic rings. The monoisotopic (exact) mass is 301 g/mol. The molecule has 1 saturated heterocycles. The molecule has 0 radical (unpaired) electrons. The van der Waals surface area contributed by atoms with Crippen LogP contribution in [0.3, 0.4) is 0 Å². The number of likely N-dealkylation sites (tertiary alicyclic amines) is 1. The molecule has 3 N–H and O–H groups in total. The zero-order chi connectivity index (χ0) is 15.4. The normalized spacial score (nSPS) is 22.6. The lowest BCUT2D eigenvalue weighted by Gasteiger charge is -2.36. The molecule has 1 saturated carbocycles. The fourth-order valence-corrected chi connectivity index (χ4v) is 3.78. The number of nitrogens with zero attached hydrogens (tertiary/aromatic N) is 1. The van der Waals surface area contributed by atoms with Crippen LogP contribution in [0.15, 0.2) is 30.3 Å². The molecule has 1 aromatic carbocycles. The molecular formula is C18H27N3O. The van der Waals surface area contributed by atoms with Crippen LogP contribution in [0.5, 0.6) is 0 Å². The number of hydrogen-bond acceptors (Lipinski definition) is 3. The third kappa shape index (κ3) is 3.68. The maximum absolute atomic E-state index is 12.3. The Bertz CT molecular complexity index is 476. The molecule has 0 bridgehead atoms. The molecule has 22 heavy (non-hydrogen) atoms. The number of hydrogen-bond donors (Lipinski definition) is 2. The number of rotatable bonds is 4. The number of benzene rings is 1. The molecule has 1 unspecified atom stereocenters. The maximum atomic E-state index is 12.3. The first kappa shape index (κ1) is 15.5. The fraction of sp³-hybridized carbons (Fsp3) is 0.611. The van der Waals surface area contributed by atoms with E-state index in [0.29, 0.717) is 0 Å². The second kappa shape index (κ2) is 7.25. The van der Waals surface area contributed by atoms with Crippen LogP contribution in [-0.4, -0.2) is 36.0 Å². The summed E-state index contributed by atoms with van der Waals surface area (Å²) in [6.45, 7) is 2.21. The van der Waals surface area contributed by atoms with Gasteiger partial charge in [-0.25, -0.2) is 0 Å². The van der Waals surface area contributed by atoms with Crippen molar-refractivity contribution in [3.63, 3.8) is 0 Å². The quantitative estimate of drug-likeness (QED) is 0.896. The highest BCUT2D eigenvalue weighted by molar-refractivity contribution is 5.83. The van der Waals surface area contributed by atoms with Crippen LogP contribution >= 0.6 is 0 Å². The van der Waals surface area contributed by atoms with E-state index in [-0.39, 0.29) is 11.9 Å². The zero-order valence-corrected chi connectivity index (χ0v) is 13.2. The number of nitrogens with one attached hydrogen (secondary N) is 1. The zero-order valence-electron chi connectivity index (χ0n) is 13.2. The van der Waals surface area contributed by atoms with Crippen molar-refractivity contribution >= 4 is 5.91 Å². The van der Waals surface area contributed by atoms with Gasteiger partial charge in [0.15, 0.2) is 0 Å². The van der Waals surface area contributed by atoms with Gasteiger partial charge in [0.1, 0.15) is 6.04 Å². The Labute approximate surface area is 133 Å². The van der Waals surface area contributed by atoms with Gasteiger partial charge in [0.05, 0.1) is 0 Å². The molecule has 1 heterocycles. The van der Waals surface area contributed by atoms with Crippen LogP contribution in [0.2, 0.25) is 0 Å². The van der Waals surface area contributed by atoms with Crippen LogP contribution in [0.4, 0.5) is 0 Å². The molecule has 1 aliphatic heterocycles. The smallest absolute Gasteiger partial charge is 0.241 e. The van der Waals surface area contributed by atoms with Crippen molar-refractivity contribution < 1.29 is 4.79 Å². The molecule has 1 aliphatic carbocycles. The van der Waals surface area contributed by atoms with E-state index >= 15 is 0 Å². The lowest BCUT2D eigenvalue weighted by molar-refractivity contribution is -0.123. The summed E-state index contributed by atoms with van der Waals surface area (Å²) in [5.74, 6) is -0.0504. The molecule has 1 atom stereocenters. The Hall–Kier alpha value is -1.39. The van der Waals surface area contributed by atoms with Gasteiger partial charge < -0.3 is 16.0 Å². The Balaban J connectivity index is 1.47. The average Bonchev–Trinajstić information content (AvgIpc) is 3.10. The van der Waals surface area contributed by atoms with Gasteiger partial charge in [0.25, 0.3) is 0 Å². The van der Waals surface area contributed by atoms with Crippen molar-refractivity contribution in [1.82, 2.24) is 10.2 Å². The third-order valence-electron chi connectivity index (χ3n) is 5.16. The molecule has 1 aromatic rings. The first-order chi connectivity index (χ1) is 10.7.